The fourth-order valence-corrected chi connectivity index (χ4v) is 1.98. The molecule has 0 bridgehead atoms. The number of hydrogen-bond acceptors (Lipinski definition) is 7. The number of sulfone groups is 1. The molecule has 0 spiro atoms. The van der Waals surface area contributed by atoms with Crippen LogP contribution in [0.4, 0.5) is 0 Å². The van der Waals surface area contributed by atoms with Gasteiger partial charge in [0.1, 0.15) is 11.9 Å². The number of nitrogens with zero attached hydrogens (tertiary/aromatic N) is 2. The van der Waals surface area contributed by atoms with Crippen LogP contribution < -0.4 is 5.32 Å². The molecule has 1 fully saturated rings. The van der Waals surface area contributed by atoms with Crippen LogP contribution in [0.2, 0.25) is 0 Å². The normalized spacial score (nSPS) is 22.2. The monoisotopic (exact) mass is 247 g/mol. The van der Waals surface area contributed by atoms with Crippen molar-refractivity contribution in [2.24, 2.45) is 0 Å². The second-order valence-electron chi connectivity index (χ2n) is 3.68. The highest BCUT2D eigenvalue weighted by atomic mass is 32.2. The summed E-state index contributed by atoms with van der Waals surface area (Å²) in [6.45, 7) is 1.99. The predicted octanol–water partition coefficient (Wildman–Crippen LogP) is -0.725. The fraction of sp³-hybridized carbons (Fsp3) is 0.750. The molecule has 2 rings (SSSR count). The van der Waals surface area contributed by atoms with Gasteiger partial charge in [0.15, 0.2) is 9.84 Å². The molecule has 0 saturated carbocycles. The first kappa shape index (κ1) is 11.5. The lowest BCUT2D eigenvalue weighted by Gasteiger charge is -2.20. The van der Waals surface area contributed by atoms with Gasteiger partial charge in [-0.15, -0.1) is 0 Å². The van der Waals surface area contributed by atoms with Crippen LogP contribution in [-0.2, 0) is 20.3 Å². The molecule has 16 heavy (non-hydrogen) atoms. The van der Waals surface area contributed by atoms with E-state index < -0.39 is 9.84 Å². The number of aromatic nitrogens is 2. The minimum Gasteiger partial charge on any atom is -0.367 e. The Morgan fingerprint density at radius 3 is 3.00 bits per heavy atom. The molecule has 1 N–H and O–H groups in total. The standard InChI is InChI=1S/C8H13N3O4S/c1-16(12,13)5-7-10-8(11-15-7)6-4-9-2-3-14-6/h6,9H,2-5H2,1H3. The van der Waals surface area contributed by atoms with E-state index in [1.165, 1.54) is 0 Å². The number of rotatable bonds is 3. The van der Waals surface area contributed by atoms with Crippen LogP contribution in [-0.4, -0.2) is 44.5 Å². The SMILES string of the molecule is CS(=O)(=O)Cc1nc(C2CNCCO2)no1. The second kappa shape index (κ2) is 4.48. The maximum Gasteiger partial charge on any atom is 0.241 e. The molecule has 0 aliphatic carbocycles. The molecule has 1 aliphatic heterocycles. The van der Waals surface area contributed by atoms with Crippen molar-refractivity contribution >= 4 is 9.84 Å². The highest BCUT2D eigenvalue weighted by molar-refractivity contribution is 7.89. The molecule has 1 aliphatic rings. The van der Waals surface area contributed by atoms with E-state index in [0.29, 0.717) is 19.0 Å². The Bertz CT molecular complexity index is 450. The molecule has 1 atom stereocenters. The topological polar surface area (TPSA) is 94.3 Å². The van der Waals surface area contributed by atoms with Crippen LogP contribution in [0, 0.1) is 0 Å². The highest BCUT2D eigenvalue weighted by Crippen LogP contribution is 2.15. The first-order valence-corrected chi connectivity index (χ1v) is 6.93. The molecular weight excluding hydrogens is 234 g/mol. The quantitative estimate of drug-likeness (QED) is 0.752. The molecule has 8 heteroatoms. The van der Waals surface area contributed by atoms with Crippen LogP contribution in [0.25, 0.3) is 0 Å². The molecule has 0 radical (unpaired) electrons. The average Bonchev–Trinajstić information content (AvgIpc) is 2.65. The largest absolute Gasteiger partial charge is 0.367 e. The lowest BCUT2D eigenvalue weighted by atomic mass is 10.3. The Morgan fingerprint density at radius 1 is 1.56 bits per heavy atom. The molecule has 90 valence electrons. The smallest absolute Gasteiger partial charge is 0.241 e. The zero-order valence-corrected chi connectivity index (χ0v) is 9.66. The lowest BCUT2D eigenvalue weighted by Crippen LogP contribution is -2.33. The van der Waals surface area contributed by atoms with Crippen molar-refractivity contribution in [2.45, 2.75) is 11.9 Å². The summed E-state index contributed by atoms with van der Waals surface area (Å²) < 4.78 is 32.3. The van der Waals surface area contributed by atoms with Crippen molar-refractivity contribution in [2.75, 3.05) is 26.0 Å². The first-order chi connectivity index (χ1) is 7.54. The molecule has 1 aromatic rings. The van der Waals surface area contributed by atoms with Gasteiger partial charge < -0.3 is 14.6 Å². The van der Waals surface area contributed by atoms with Gasteiger partial charge in [0.25, 0.3) is 0 Å². The Kier molecular flexibility index (Phi) is 3.22. The van der Waals surface area contributed by atoms with Crippen LogP contribution >= 0.6 is 0 Å². The third-order valence-corrected chi connectivity index (χ3v) is 2.86. The van der Waals surface area contributed by atoms with Crippen LogP contribution in [0.15, 0.2) is 4.52 Å². The van der Waals surface area contributed by atoms with E-state index in [4.69, 9.17) is 9.26 Å². The summed E-state index contributed by atoms with van der Waals surface area (Å²) in [5, 5.41) is 6.83. The summed E-state index contributed by atoms with van der Waals surface area (Å²) in [6.07, 6.45) is 0.862. The Balaban J connectivity index is 2.06. The molecule has 0 aromatic carbocycles. The summed E-state index contributed by atoms with van der Waals surface area (Å²) in [5.41, 5.74) is 0. The molecule has 1 saturated heterocycles. The van der Waals surface area contributed by atoms with E-state index in [9.17, 15) is 8.42 Å². The molecule has 1 aromatic heterocycles. The van der Waals surface area contributed by atoms with Gasteiger partial charge >= 0.3 is 0 Å². The van der Waals surface area contributed by atoms with Gasteiger partial charge in [0.2, 0.25) is 11.7 Å². The third-order valence-electron chi connectivity index (χ3n) is 2.09. The van der Waals surface area contributed by atoms with Gasteiger partial charge in [0, 0.05) is 19.3 Å². The Labute approximate surface area is 93.1 Å². The Hall–Kier alpha value is -0.990. The highest BCUT2D eigenvalue weighted by Gasteiger charge is 2.22. The van der Waals surface area contributed by atoms with Gasteiger partial charge in [-0.05, 0) is 0 Å². The van der Waals surface area contributed by atoms with Gasteiger partial charge in [-0.2, -0.15) is 4.98 Å². The third kappa shape index (κ3) is 3.00. The number of ether oxygens (including phenoxy) is 1. The summed E-state index contributed by atoms with van der Waals surface area (Å²) in [4.78, 5) is 4.00. The van der Waals surface area contributed by atoms with Crippen LogP contribution in [0.1, 0.15) is 17.8 Å². The van der Waals surface area contributed by atoms with Crippen molar-refractivity contribution in [3.05, 3.63) is 11.7 Å². The van der Waals surface area contributed by atoms with Crippen molar-refractivity contribution in [3.8, 4) is 0 Å². The fourth-order valence-electron chi connectivity index (χ4n) is 1.41. The van der Waals surface area contributed by atoms with E-state index in [2.05, 4.69) is 15.5 Å². The van der Waals surface area contributed by atoms with Gasteiger partial charge in [-0.1, -0.05) is 5.16 Å². The maximum atomic E-state index is 11.0. The number of nitrogens with one attached hydrogen (secondary N) is 1. The zero-order chi connectivity index (χ0) is 11.6. The van der Waals surface area contributed by atoms with Gasteiger partial charge in [-0.3, -0.25) is 0 Å². The van der Waals surface area contributed by atoms with Crippen LogP contribution in [0.5, 0.6) is 0 Å². The number of hydrogen-bond donors (Lipinski definition) is 1. The molecule has 1 unspecified atom stereocenters. The van der Waals surface area contributed by atoms with Crippen molar-refractivity contribution in [3.63, 3.8) is 0 Å². The molecule has 7 nitrogen and oxygen atoms in total. The molecular formula is C8H13N3O4S. The van der Waals surface area contributed by atoms with E-state index in [-0.39, 0.29) is 17.7 Å². The van der Waals surface area contributed by atoms with E-state index in [0.717, 1.165) is 12.8 Å². The minimum atomic E-state index is -3.15. The van der Waals surface area contributed by atoms with Crippen molar-refractivity contribution in [1.82, 2.24) is 15.5 Å². The summed E-state index contributed by atoms with van der Waals surface area (Å²) >= 11 is 0. The van der Waals surface area contributed by atoms with Crippen LogP contribution in [0.3, 0.4) is 0 Å². The summed E-state index contributed by atoms with van der Waals surface area (Å²) in [5.74, 6) is 0.262. The predicted molar refractivity (Wildman–Crippen MR) is 54.4 cm³/mol. The molecule has 2 heterocycles. The first-order valence-electron chi connectivity index (χ1n) is 4.87. The van der Waals surface area contributed by atoms with E-state index in [1.807, 2.05) is 0 Å². The van der Waals surface area contributed by atoms with E-state index in [1.54, 1.807) is 0 Å². The summed E-state index contributed by atoms with van der Waals surface area (Å²) in [6, 6.07) is 0. The number of morpholine rings is 1. The summed E-state index contributed by atoms with van der Waals surface area (Å²) in [7, 11) is -3.15. The van der Waals surface area contributed by atoms with Gasteiger partial charge in [0.05, 0.1) is 6.61 Å². The maximum absolute atomic E-state index is 11.0. The molecule has 0 amide bonds. The van der Waals surface area contributed by atoms with Gasteiger partial charge in [-0.25, -0.2) is 8.42 Å². The minimum absolute atomic E-state index is 0.103. The van der Waals surface area contributed by atoms with Crippen molar-refractivity contribution in [1.29, 1.82) is 0 Å². The van der Waals surface area contributed by atoms with E-state index >= 15 is 0 Å². The Morgan fingerprint density at radius 2 is 2.38 bits per heavy atom. The second-order valence-corrected chi connectivity index (χ2v) is 5.82. The van der Waals surface area contributed by atoms with Crippen molar-refractivity contribution < 1.29 is 17.7 Å². The average molecular weight is 247 g/mol. The lowest BCUT2D eigenvalue weighted by molar-refractivity contribution is 0.0208. The zero-order valence-electron chi connectivity index (χ0n) is 8.84.